The second-order valence-electron chi connectivity index (χ2n) is 9.59. The van der Waals surface area contributed by atoms with Crippen molar-refractivity contribution in [3.63, 3.8) is 0 Å². The first kappa shape index (κ1) is 26.7. The predicted molar refractivity (Wildman–Crippen MR) is 135 cm³/mol. The van der Waals surface area contributed by atoms with Crippen LogP contribution in [0.1, 0.15) is 51.0 Å². The van der Waals surface area contributed by atoms with Crippen LogP contribution in [0.3, 0.4) is 0 Å². The number of unbranched alkanes of at least 4 members (excludes halogenated alkanes) is 1. The minimum Gasteiger partial charge on any atom is -0.450 e. The second kappa shape index (κ2) is 12.6. The fourth-order valence-corrected chi connectivity index (χ4v) is 6.87. The Kier molecular flexibility index (Phi) is 10.5. The molecule has 0 spiro atoms. The third-order valence-electron chi connectivity index (χ3n) is 6.21. The maximum absolute atomic E-state index is 12.6. The van der Waals surface area contributed by atoms with Crippen LogP contribution in [-0.2, 0) is 9.47 Å². The number of rotatable bonds is 9. The van der Waals surface area contributed by atoms with Gasteiger partial charge < -0.3 is 19.7 Å². The average Bonchev–Trinajstić information content (AvgIpc) is 2.74. The number of piperidine rings is 1. The Morgan fingerprint density at radius 3 is 2.47 bits per heavy atom. The van der Waals surface area contributed by atoms with E-state index in [4.69, 9.17) is 9.47 Å². The van der Waals surface area contributed by atoms with Gasteiger partial charge in [-0.15, -0.1) is 0 Å². The molecule has 2 amide bonds. The van der Waals surface area contributed by atoms with E-state index in [1.165, 1.54) is 5.56 Å². The largest absolute Gasteiger partial charge is 0.450 e. The van der Waals surface area contributed by atoms with Crippen LogP contribution >= 0.6 is 15.9 Å². The van der Waals surface area contributed by atoms with E-state index in [-0.39, 0.29) is 23.8 Å². The van der Waals surface area contributed by atoms with Gasteiger partial charge in [-0.1, -0.05) is 61.0 Å². The predicted octanol–water partition coefficient (Wildman–Crippen LogP) is 6.17. The summed E-state index contributed by atoms with van der Waals surface area (Å²) in [6.07, 6.45) is 3.11. The third kappa shape index (κ3) is 7.80. The number of nitrogens with one attached hydrogen (secondary N) is 1. The highest BCUT2D eigenvalue weighted by Crippen LogP contribution is 2.38. The molecule has 0 saturated carbocycles. The molecular weight excluding hydrogens is 488 g/mol. The third-order valence-corrected chi connectivity index (χ3v) is 9.28. The van der Waals surface area contributed by atoms with Crippen LogP contribution in [0.4, 0.5) is 9.59 Å². The molecule has 8 heteroatoms. The van der Waals surface area contributed by atoms with Gasteiger partial charge >= 0.3 is 12.2 Å². The number of ether oxygens (including phenoxy) is 2. The number of nitrogens with zero attached hydrogens (tertiary/aromatic N) is 1. The molecule has 1 fully saturated rings. The van der Waals surface area contributed by atoms with Crippen LogP contribution in [0.15, 0.2) is 28.7 Å². The number of hydrogen-bond donors (Lipinski definition) is 1. The van der Waals surface area contributed by atoms with E-state index < -0.39 is 8.07 Å². The summed E-state index contributed by atoms with van der Waals surface area (Å²) < 4.78 is 11.7. The highest BCUT2D eigenvalue weighted by atomic mass is 79.9. The van der Waals surface area contributed by atoms with Crippen molar-refractivity contribution in [2.45, 2.75) is 70.8 Å². The Labute approximate surface area is 202 Å². The van der Waals surface area contributed by atoms with Crippen LogP contribution < -0.4 is 5.32 Å². The van der Waals surface area contributed by atoms with Gasteiger partial charge in [0.05, 0.1) is 21.3 Å². The van der Waals surface area contributed by atoms with Crippen LogP contribution in [0.25, 0.3) is 0 Å². The number of halogens is 1. The summed E-state index contributed by atoms with van der Waals surface area (Å²) >= 11 is 3.52. The van der Waals surface area contributed by atoms with E-state index in [0.29, 0.717) is 32.2 Å². The van der Waals surface area contributed by atoms with Crippen molar-refractivity contribution >= 4 is 36.2 Å². The van der Waals surface area contributed by atoms with Crippen molar-refractivity contribution in [1.82, 2.24) is 10.2 Å². The summed E-state index contributed by atoms with van der Waals surface area (Å²) in [5, 5.41) is 2.99. The number of alkyl carbamates (subject to hydrolysis) is 1. The summed E-state index contributed by atoms with van der Waals surface area (Å²) in [7, 11) is -1.67. The molecule has 0 aliphatic carbocycles. The molecule has 2 rings (SSSR count). The molecule has 3 atom stereocenters. The van der Waals surface area contributed by atoms with E-state index in [1.807, 2.05) is 24.0 Å². The van der Waals surface area contributed by atoms with E-state index in [2.05, 4.69) is 59.9 Å². The van der Waals surface area contributed by atoms with Crippen molar-refractivity contribution < 1.29 is 19.1 Å². The molecule has 180 valence electrons. The quantitative estimate of drug-likeness (QED) is 0.308. The maximum Gasteiger partial charge on any atom is 0.409 e. The highest BCUT2D eigenvalue weighted by molar-refractivity contribution is 9.10. The first-order chi connectivity index (χ1) is 15.2. The van der Waals surface area contributed by atoms with Crippen molar-refractivity contribution in [1.29, 1.82) is 0 Å². The molecule has 3 unspecified atom stereocenters. The van der Waals surface area contributed by atoms with Crippen molar-refractivity contribution in [3.8, 4) is 0 Å². The van der Waals surface area contributed by atoms with Gasteiger partial charge in [0.1, 0.15) is 0 Å². The summed E-state index contributed by atoms with van der Waals surface area (Å²) in [5.74, 6) is 0.513. The summed E-state index contributed by atoms with van der Waals surface area (Å²) in [4.78, 5) is 26.8. The van der Waals surface area contributed by atoms with Gasteiger partial charge in [-0.2, -0.15) is 0 Å². The Morgan fingerprint density at radius 2 is 1.88 bits per heavy atom. The summed E-state index contributed by atoms with van der Waals surface area (Å²) in [6, 6.07) is 8.34. The van der Waals surface area contributed by atoms with Crippen LogP contribution in [0.2, 0.25) is 19.6 Å². The zero-order valence-electron chi connectivity index (χ0n) is 20.2. The van der Waals surface area contributed by atoms with E-state index in [9.17, 15) is 9.59 Å². The highest BCUT2D eigenvalue weighted by Gasteiger charge is 2.42. The van der Waals surface area contributed by atoms with Crippen molar-refractivity contribution in [3.05, 3.63) is 34.3 Å². The van der Waals surface area contributed by atoms with E-state index in [1.54, 1.807) is 0 Å². The lowest BCUT2D eigenvalue weighted by molar-refractivity contribution is 0.0772. The van der Waals surface area contributed by atoms with Crippen LogP contribution in [-0.4, -0.2) is 57.1 Å². The molecule has 1 saturated heterocycles. The summed E-state index contributed by atoms with van der Waals surface area (Å²) in [6.45, 7) is 12.9. The Morgan fingerprint density at radius 1 is 1.19 bits per heavy atom. The molecular formula is C24H39BrN2O4Si. The minimum atomic E-state index is -1.67. The van der Waals surface area contributed by atoms with E-state index >= 15 is 0 Å². The van der Waals surface area contributed by atoms with Gasteiger partial charge in [-0.3, -0.25) is 0 Å². The van der Waals surface area contributed by atoms with Crippen LogP contribution in [0.5, 0.6) is 0 Å². The van der Waals surface area contributed by atoms with Gasteiger partial charge in [0.2, 0.25) is 0 Å². The van der Waals surface area contributed by atoms with Gasteiger partial charge in [-0.05, 0) is 49.8 Å². The molecule has 1 aromatic rings. The van der Waals surface area contributed by atoms with Crippen LogP contribution in [0, 0.1) is 5.92 Å². The fourth-order valence-electron chi connectivity index (χ4n) is 4.42. The molecule has 0 bridgehead atoms. The normalized spacial score (nSPS) is 19.9. The van der Waals surface area contributed by atoms with E-state index in [0.717, 1.165) is 30.2 Å². The Hall–Kier alpha value is -1.54. The molecule has 6 nitrogen and oxygen atoms in total. The number of hydrogen-bond acceptors (Lipinski definition) is 4. The molecule has 0 radical (unpaired) electrons. The number of benzene rings is 1. The monoisotopic (exact) mass is 526 g/mol. The molecule has 0 aromatic heterocycles. The molecule has 1 aliphatic rings. The number of carbonyl (C=O) groups is 2. The van der Waals surface area contributed by atoms with Gasteiger partial charge in [0.25, 0.3) is 0 Å². The maximum atomic E-state index is 12.6. The fraction of sp³-hybridized carbons (Fsp3) is 0.667. The lowest BCUT2D eigenvalue weighted by Gasteiger charge is -2.46. The Bertz CT molecular complexity index is 739. The van der Waals surface area contributed by atoms with Crippen molar-refractivity contribution in [2.24, 2.45) is 5.92 Å². The number of carbonyl (C=O) groups excluding carboxylic acids is 2. The smallest absolute Gasteiger partial charge is 0.409 e. The standard InChI is InChI=1S/C24H39BrN2O4Si/c1-6-8-15-31-23(28)26-17-21(18-9-11-20(25)12-10-18)19-13-14-27(24(29)30-7-2)22(16-19)32(3,4)5/h9-12,19,21-22H,6-8,13-17H2,1-5H3,(H,26,28). The van der Waals surface area contributed by atoms with Gasteiger partial charge in [-0.25, -0.2) is 9.59 Å². The lowest BCUT2D eigenvalue weighted by atomic mass is 9.80. The summed E-state index contributed by atoms with van der Waals surface area (Å²) in [5.41, 5.74) is 1.40. The molecule has 1 N–H and O–H groups in total. The molecule has 1 heterocycles. The average molecular weight is 528 g/mol. The van der Waals surface area contributed by atoms with Crippen molar-refractivity contribution in [2.75, 3.05) is 26.3 Å². The first-order valence-corrected chi connectivity index (χ1v) is 16.1. The number of likely N-dealkylation sites (tertiary alicyclic amines) is 1. The lowest BCUT2D eigenvalue weighted by Crippen LogP contribution is -2.58. The Balaban J connectivity index is 2.19. The SMILES string of the molecule is CCCCOC(=O)NCC(c1ccc(Br)cc1)C1CCN(C(=O)OCC)C([Si](C)(C)C)C1. The molecule has 32 heavy (non-hydrogen) atoms. The van der Waals surface area contributed by atoms with Gasteiger partial charge in [0, 0.05) is 29.1 Å². The zero-order valence-corrected chi connectivity index (χ0v) is 22.7. The van der Waals surface area contributed by atoms with Gasteiger partial charge in [0.15, 0.2) is 0 Å². The zero-order chi connectivity index (χ0) is 23.7. The topological polar surface area (TPSA) is 67.9 Å². The molecule has 1 aromatic carbocycles. The second-order valence-corrected chi connectivity index (χ2v) is 15.9. The first-order valence-electron chi connectivity index (χ1n) is 11.8. The molecule has 1 aliphatic heterocycles. The number of amides is 2. The minimum absolute atomic E-state index is 0.157.